The number of nitrogens with zero attached hydrogens (tertiary/aromatic N) is 3. The maximum absolute atomic E-state index is 13.5. The molecule has 0 aliphatic heterocycles. The predicted octanol–water partition coefficient (Wildman–Crippen LogP) is 2.11. The summed E-state index contributed by atoms with van der Waals surface area (Å²) in [5, 5.41) is 11.0. The summed E-state index contributed by atoms with van der Waals surface area (Å²) < 4.78 is 20.0. The number of halogens is 1. The Kier molecular flexibility index (Phi) is 5.03. The van der Waals surface area contributed by atoms with Crippen molar-refractivity contribution in [2.45, 2.75) is 18.6 Å². The minimum atomic E-state index is -0.289. The number of amides is 1. The van der Waals surface area contributed by atoms with E-state index in [9.17, 15) is 9.18 Å². The van der Waals surface area contributed by atoms with E-state index in [2.05, 4.69) is 15.5 Å². The monoisotopic (exact) mass is 361 g/mol. The number of furan rings is 1. The Morgan fingerprint density at radius 2 is 2.24 bits per heavy atom. The van der Waals surface area contributed by atoms with Gasteiger partial charge in [-0.1, -0.05) is 23.9 Å². The summed E-state index contributed by atoms with van der Waals surface area (Å²) in [5.41, 5.74) is 1.27. The minimum Gasteiger partial charge on any atom is -0.461 e. The van der Waals surface area contributed by atoms with E-state index in [0.717, 1.165) is 11.8 Å². The molecule has 0 saturated heterocycles. The van der Waals surface area contributed by atoms with Crippen LogP contribution in [0.4, 0.5) is 4.39 Å². The van der Waals surface area contributed by atoms with Crippen molar-refractivity contribution in [2.75, 3.05) is 11.6 Å². The lowest BCUT2D eigenvalue weighted by atomic mass is 10.1. The molecule has 130 valence electrons. The zero-order chi connectivity index (χ0) is 17.8. The fourth-order valence-corrected chi connectivity index (χ4v) is 2.76. The first kappa shape index (κ1) is 17.0. The average molecular weight is 361 g/mol. The zero-order valence-electron chi connectivity index (χ0n) is 13.4. The third-order valence-corrected chi connectivity index (χ3v) is 4.41. The van der Waals surface area contributed by atoms with Gasteiger partial charge in [0.2, 0.25) is 16.9 Å². The molecule has 2 aromatic heterocycles. The lowest BCUT2D eigenvalue weighted by Crippen LogP contribution is -2.25. The molecule has 0 aliphatic rings. The molecule has 0 radical (unpaired) electrons. The van der Waals surface area contributed by atoms with Crippen LogP contribution < -0.4 is 11.2 Å². The quantitative estimate of drug-likeness (QED) is 0.515. The number of rotatable bonds is 6. The van der Waals surface area contributed by atoms with Crippen LogP contribution in [0.1, 0.15) is 11.1 Å². The molecule has 0 bridgehead atoms. The third kappa shape index (κ3) is 4.00. The summed E-state index contributed by atoms with van der Waals surface area (Å²) >= 11 is 1.15. The molecule has 0 atom stereocenters. The summed E-state index contributed by atoms with van der Waals surface area (Å²) in [6.45, 7) is 1.94. The van der Waals surface area contributed by atoms with E-state index in [1.165, 1.54) is 17.0 Å². The Balaban J connectivity index is 1.53. The summed E-state index contributed by atoms with van der Waals surface area (Å²) in [6, 6.07) is 8.30. The second kappa shape index (κ2) is 7.39. The summed E-state index contributed by atoms with van der Waals surface area (Å²) in [6.07, 6.45) is 1.51. The van der Waals surface area contributed by atoms with E-state index in [4.69, 9.17) is 10.3 Å². The van der Waals surface area contributed by atoms with Gasteiger partial charge in [-0.05, 0) is 36.2 Å². The summed E-state index contributed by atoms with van der Waals surface area (Å²) in [4.78, 5) is 11.9. The van der Waals surface area contributed by atoms with E-state index >= 15 is 0 Å². The molecule has 3 aromatic rings. The topological polar surface area (TPSA) is 99.0 Å². The number of hydrogen-bond donors (Lipinski definition) is 2. The highest BCUT2D eigenvalue weighted by Crippen LogP contribution is 2.21. The van der Waals surface area contributed by atoms with E-state index < -0.39 is 0 Å². The number of carbonyl (C=O) groups is 1. The van der Waals surface area contributed by atoms with Crippen LogP contribution >= 0.6 is 11.8 Å². The Hall–Kier alpha value is -2.81. The highest BCUT2D eigenvalue weighted by Gasteiger charge is 2.15. The lowest BCUT2D eigenvalue weighted by Gasteiger charge is -2.06. The van der Waals surface area contributed by atoms with Gasteiger partial charge in [-0.2, -0.15) is 0 Å². The Labute approximate surface area is 147 Å². The van der Waals surface area contributed by atoms with Gasteiger partial charge in [-0.3, -0.25) is 4.79 Å². The van der Waals surface area contributed by atoms with Gasteiger partial charge >= 0.3 is 0 Å². The van der Waals surface area contributed by atoms with Gasteiger partial charge in [0.05, 0.1) is 12.0 Å². The largest absolute Gasteiger partial charge is 0.461 e. The minimum absolute atomic E-state index is 0.113. The molecule has 7 nitrogen and oxygen atoms in total. The average Bonchev–Trinajstić information content (AvgIpc) is 3.24. The number of thioether (sulfide) groups is 1. The number of aromatic nitrogens is 3. The molecule has 1 amide bonds. The molecule has 1 aromatic carbocycles. The van der Waals surface area contributed by atoms with Gasteiger partial charge in [-0.15, -0.1) is 10.2 Å². The SMILES string of the molecule is Cc1ccc(CNC(=O)CSc2nnc(-c3ccco3)n2N)cc1F. The summed E-state index contributed by atoms with van der Waals surface area (Å²) in [7, 11) is 0. The van der Waals surface area contributed by atoms with Crippen LogP contribution in [0.5, 0.6) is 0 Å². The fourth-order valence-electron chi connectivity index (χ4n) is 2.08. The van der Waals surface area contributed by atoms with Crippen molar-refractivity contribution >= 4 is 17.7 Å². The predicted molar refractivity (Wildman–Crippen MR) is 91.6 cm³/mol. The van der Waals surface area contributed by atoms with Crippen molar-refractivity contribution in [3.05, 3.63) is 53.5 Å². The van der Waals surface area contributed by atoms with Crippen molar-refractivity contribution in [2.24, 2.45) is 0 Å². The van der Waals surface area contributed by atoms with Gasteiger partial charge in [-0.25, -0.2) is 9.07 Å². The number of nitrogens with one attached hydrogen (secondary N) is 1. The van der Waals surface area contributed by atoms with Crippen molar-refractivity contribution < 1.29 is 13.6 Å². The number of carbonyl (C=O) groups excluding carboxylic acids is 1. The molecule has 0 saturated carbocycles. The van der Waals surface area contributed by atoms with Crippen LogP contribution in [0, 0.1) is 12.7 Å². The molecular formula is C16H16FN5O2S. The number of aryl methyl sites for hydroxylation is 1. The number of nitrogens with two attached hydrogens (primary N) is 1. The van der Waals surface area contributed by atoms with Crippen molar-refractivity contribution in [3.63, 3.8) is 0 Å². The normalized spacial score (nSPS) is 10.8. The van der Waals surface area contributed by atoms with Crippen LogP contribution in [0.3, 0.4) is 0 Å². The highest BCUT2D eigenvalue weighted by atomic mass is 32.2. The van der Waals surface area contributed by atoms with Gasteiger partial charge in [0.15, 0.2) is 5.76 Å². The zero-order valence-corrected chi connectivity index (χ0v) is 14.2. The number of benzene rings is 1. The molecule has 0 unspecified atom stereocenters. The van der Waals surface area contributed by atoms with Gasteiger partial charge in [0.25, 0.3) is 0 Å². The van der Waals surface area contributed by atoms with Crippen LogP contribution in [0.15, 0.2) is 46.2 Å². The molecule has 3 rings (SSSR count). The second-order valence-electron chi connectivity index (χ2n) is 5.30. The van der Waals surface area contributed by atoms with Crippen molar-refractivity contribution in [1.82, 2.24) is 20.2 Å². The molecule has 0 spiro atoms. The van der Waals surface area contributed by atoms with E-state index in [0.29, 0.717) is 27.9 Å². The smallest absolute Gasteiger partial charge is 0.230 e. The maximum Gasteiger partial charge on any atom is 0.230 e. The van der Waals surface area contributed by atoms with Crippen LogP contribution in [0.25, 0.3) is 11.6 Å². The summed E-state index contributed by atoms with van der Waals surface area (Å²) in [5.74, 6) is 6.39. The maximum atomic E-state index is 13.5. The molecule has 0 aliphatic carbocycles. The van der Waals surface area contributed by atoms with Crippen molar-refractivity contribution in [1.29, 1.82) is 0 Å². The lowest BCUT2D eigenvalue weighted by molar-refractivity contribution is -0.118. The number of nitrogen functional groups attached to an aromatic ring is 1. The van der Waals surface area contributed by atoms with Gasteiger partial charge in [0, 0.05) is 6.54 Å². The Morgan fingerprint density at radius 3 is 2.96 bits per heavy atom. The van der Waals surface area contributed by atoms with Gasteiger partial charge in [0.1, 0.15) is 5.82 Å². The molecule has 25 heavy (non-hydrogen) atoms. The molecule has 9 heteroatoms. The van der Waals surface area contributed by atoms with Crippen LogP contribution in [0.2, 0.25) is 0 Å². The van der Waals surface area contributed by atoms with Crippen molar-refractivity contribution in [3.8, 4) is 11.6 Å². The van der Waals surface area contributed by atoms with E-state index in [-0.39, 0.29) is 24.0 Å². The Bertz CT molecular complexity index is 879. The second-order valence-corrected chi connectivity index (χ2v) is 6.24. The van der Waals surface area contributed by atoms with E-state index in [1.54, 1.807) is 31.2 Å². The first-order chi connectivity index (χ1) is 12.0. The van der Waals surface area contributed by atoms with Crippen LogP contribution in [-0.4, -0.2) is 26.5 Å². The Morgan fingerprint density at radius 1 is 1.40 bits per heavy atom. The number of hydrogen-bond acceptors (Lipinski definition) is 6. The molecular weight excluding hydrogens is 345 g/mol. The highest BCUT2D eigenvalue weighted by molar-refractivity contribution is 7.99. The first-order valence-corrected chi connectivity index (χ1v) is 8.42. The van der Waals surface area contributed by atoms with Crippen LogP contribution in [-0.2, 0) is 11.3 Å². The first-order valence-electron chi connectivity index (χ1n) is 7.43. The van der Waals surface area contributed by atoms with Gasteiger partial charge < -0.3 is 15.6 Å². The molecule has 3 N–H and O–H groups in total. The fraction of sp³-hybridized carbons (Fsp3) is 0.188. The standard InChI is InChI=1S/C16H16FN5O2S/c1-10-4-5-11(7-12(10)17)8-19-14(23)9-25-16-21-20-15(22(16)18)13-3-2-6-24-13/h2-7H,8-9,18H2,1H3,(H,19,23). The molecule has 0 fully saturated rings. The third-order valence-electron chi connectivity index (χ3n) is 3.46. The van der Waals surface area contributed by atoms with E-state index in [1.807, 2.05) is 0 Å². The molecule has 2 heterocycles.